The van der Waals surface area contributed by atoms with Gasteiger partial charge in [0.15, 0.2) is 0 Å². The monoisotopic (exact) mass is 497 g/mol. The molecule has 0 saturated carbocycles. The number of ether oxygens (including phenoxy) is 1. The van der Waals surface area contributed by atoms with Gasteiger partial charge in [0.1, 0.15) is 11.4 Å². The van der Waals surface area contributed by atoms with Crippen LogP contribution in [0.5, 0.6) is 5.75 Å². The molecule has 0 radical (unpaired) electrons. The Morgan fingerprint density at radius 1 is 1.06 bits per heavy atom. The first-order chi connectivity index (χ1) is 17.1. The zero-order valence-corrected chi connectivity index (χ0v) is 21.3. The molecule has 2 aromatic carbocycles. The Morgan fingerprint density at radius 2 is 1.78 bits per heavy atom. The molecule has 0 bridgehead atoms. The standard InChI is InChI=1S/C27H35N3O6/c1-27(2,3)36-26(34)28-17-19-6-5-7-21(14-19)20-10-12-30(13-11-20)24(32)16-18-8-9-22(23(31)15-18)25(33)29-35-4/h5-9,14-15,20,31H,10-13,16-17H2,1-4H3,(H,28,34)(H,29,33). The maximum Gasteiger partial charge on any atom is 0.407 e. The van der Waals surface area contributed by atoms with E-state index in [1.54, 1.807) is 6.07 Å². The highest BCUT2D eigenvalue weighted by atomic mass is 16.6. The average molecular weight is 498 g/mol. The smallest absolute Gasteiger partial charge is 0.407 e. The molecular weight excluding hydrogens is 462 g/mol. The summed E-state index contributed by atoms with van der Waals surface area (Å²) < 4.78 is 5.29. The molecule has 1 fully saturated rings. The molecule has 0 spiro atoms. The lowest BCUT2D eigenvalue weighted by molar-refractivity contribution is -0.131. The van der Waals surface area contributed by atoms with Gasteiger partial charge in [-0.1, -0.05) is 30.3 Å². The summed E-state index contributed by atoms with van der Waals surface area (Å²) in [5, 5.41) is 12.9. The van der Waals surface area contributed by atoms with Crippen molar-refractivity contribution in [1.82, 2.24) is 15.7 Å². The van der Waals surface area contributed by atoms with Crippen molar-refractivity contribution in [2.45, 2.75) is 58.1 Å². The quantitative estimate of drug-likeness (QED) is 0.503. The number of rotatable bonds is 7. The third-order valence-electron chi connectivity index (χ3n) is 5.96. The number of phenols is 1. The predicted molar refractivity (Wildman–Crippen MR) is 134 cm³/mol. The lowest BCUT2D eigenvalue weighted by Crippen LogP contribution is -2.38. The third kappa shape index (κ3) is 7.71. The van der Waals surface area contributed by atoms with Gasteiger partial charge < -0.3 is 20.1 Å². The van der Waals surface area contributed by atoms with E-state index < -0.39 is 17.6 Å². The molecule has 3 rings (SSSR count). The number of hydrogen-bond acceptors (Lipinski definition) is 6. The number of nitrogens with one attached hydrogen (secondary N) is 2. The lowest BCUT2D eigenvalue weighted by atomic mass is 9.88. The Hall–Kier alpha value is -3.59. The number of amides is 3. The number of phenolic OH excluding ortho intramolecular Hbond substituents is 1. The van der Waals surface area contributed by atoms with Crippen molar-refractivity contribution in [2.75, 3.05) is 20.2 Å². The fraction of sp³-hybridized carbons (Fsp3) is 0.444. The van der Waals surface area contributed by atoms with Gasteiger partial charge in [0.25, 0.3) is 5.91 Å². The van der Waals surface area contributed by atoms with Crippen LogP contribution in [0.2, 0.25) is 0 Å². The Morgan fingerprint density at radius 3 is 2.42 bits per heavy atom. The maximum absolute atomic E-state index is 12.8. The predicted octanol–water partition coefficient (Wildman–Crippen LogP) is 3.66. The van der Waals surface area contributed by atoms with Gasteiger partial charge in [0.2, 0.25) is 5.91 Å². The van der Waals surface area contributed by atoms with E-state index in [2.05, 4.69) is 27.8 Å². The summed E-state index contributed by atoms with van der Waals surface area (Å²) in [5.41, 5.74) is 4.53. The molecule has 0 aliphatic carbocycles. The third-order valence-corrected chi connectivity index (χ3v) is 5.96. The number of hydrogen-bond donors (Lipinski definition) is 3. The van der Waals surface area contributed by atoms with E-state index in [1.807, 2.05) is 37.8 Å². The first-order valence-corrected chi connectivity index (χ1v) is 12.0. The first kappa shape index (κ1) is 27.0. The summed E-state index contributed by atoms with van der Waals surface area (Å²) in [6, 6.07) is 12.7. The molecule has 0 aromatic heterocycles. The summed E-state index contributed by atoms with van der Waals surface area (Å²) >= 11 is 0. The number of nitrogens with zero attached hydrogens (tertiary/aromatic N) is 1. The van der Waals surface area contributed by atoms with E-state index in [4.69, 9.17) is 4.74 Å². The van der Waals surface area contributed by atoms with Crippen LogP contribution >= 0.6 is 0 Å². The zero-order valence-electron chi connectivity index (χ0n) is 21.3. The SMILES string of the molecule is CONC(=O)c1ccc(CC(=O)N2CCC(c3cccc(CNC(=O)OC(C)(C)C)c3)CC2)cc1O. The molecule has 1 aliphatic rings. The summed E-state index contributed by atoms with van der Waals surface area (Å²) in [4.78, 5) is 43.0. The van der Waals surface area contributed by atoms with Crippen molar-refractivity contribution in [2.24, 2.45) is 0 Å². The zero-order chi connectivity index (χ0) is 26.3. The second kappa shape index (κ2) is 11.9. The number of hydroxylamine groups is 1. The van der Waals surface area contributed by atoms with Crippen LogP contribution in [0.15, 0.2) is 42.5 Å². The van der Waals surface area contributed by atoms with Crippen molar-refractivity contribution in [3.63, 3.8) is 0 Å². The second-order valence-corrected chi connectivity index (χ2v) is 9.92. The summed E-state index contributed by atoms with van der Waals surface area (Å²) in [5.74, 6) is -0.440. The Balaban J connectivity index is 1.51. The topological polar surface area (TPSA) is 117 Å². The fourth-order valence-corrected chi connectivity index (χ4v) is 4.22. The second-order valence-electron chi connectivity index (χ2n) is 9.92. The van der Waals surface area contributed by atoms with Crippen LogP contribution in [-0.4, -0.2) is 53.7 Å². The van der Waals surface area contributed by atoms with Crippen molar-refractivity contribution in [1.29, 1.82) is 0 Å². The summed E-state index contributed by atoms with van der Waals surface area (Å²) in [7, 11) is 1.31. The molecule has 3 amide bonds. The highest BCUT2D eigenvalue weighted by molar-refractivity contribution is 5.96. The Kier molecular flexibility index (Phi) is 8.93. The highest BCUT2D eigenvalue weighted by Gasteiger charge is 2.24. The molecule has 1 saturated heterocycles. The van der Waals surface area contributed by atoms with Crippen LogP contribution in [-0.2, 0) is 27.3 Å². The molecule has 0 atom stereocenters. The molecule has 9 heteroatoms. The van der Waals surface area contributed by atoms with Gasteiger partial charge in [0.05, 0.1) is 19.1 Å². The number of aromatic hydroxyl groups is 1. The van der Waals surface area contributed by atoms with Gasteiger partial charge in [0, 0.05) is 19.6 Å². The molecule has 2 aromatic rings. The number of carbonyl (C=O) groups is 3. The van der Waals surface area contributed by atoms with Gasteiger partial charge in [-0.05, 0) is 68.4 Å². The molecule has 9 nitrogen and oxygen atoms in total. The van der Waals surface area contributed by atoms with E-state index in [0.717, 1.165) is 18.4 Å². The summed E-state index contributed by atoms with van der Waals surface area (Å²) in [6.07, 6.45) is 1.39. The van der Waals surface area contributed by atoms with Crippen LogP contribution in [0.4, 0.5) is 4.79 Å². The van der Waals surface area contributed by atoms with Gasteiger partial charge in [-0.3, -0.25) is 14.4 Å². The maximum atomic E-state index is 12.8. The van der Waals surface area contributed by atoms with E-state index in [-0.39, 0.29) is 23.6 Å². The van der Waals surface area contributed by atoms with Crippen LogP contribution in [0.1, 0.15) is 66.6 Å². The molecular formula is C27H35N3O6. The van der Waals surface area contributed by atoms with Crippen LogP contribution in [0.3, 0.4) is 0 Å². The van der Waals surface area contributed by atoms with Crippen molar-refractivity contribution < 1.29 is 29.1 Å². The minimum atomic E-state index is -0.556. The van der Waals surface area contributed by atoms with Crippen molar-refractivity contribution in [3.05, 3.63) is 64.7 Å². The number of benzene rings is 2. The number of piperidine rings is 1. The summed E-state index contributed by atoms with van der Waals surface area (Å²) in [6.45, 7) is 7.16. The van der Waals surface area contributed by atoms with Crippen molar-refractivity contribution >= 4 is 17.9 Å². The van der Waals surface area contributed by atoms with Gasteiger partial charge in [-0.25, -0.2) is 10.3 Å². The molecule has 3 N–H and O–H groups in total. The van der Waals surface area contributed by atoms with Gasteiger partial charge >= 0.3 is 6.09 Å². The lowest BCUT2D eigenvalue weighted by Gasteiger charge is -2.32. The number of likely N-dealkylation sites (tertiary alicyclic amines) is 1. The minimum Gasteiger partial charge on any atom is -0.507 e. The average Bonchev–Trinajstić information content (AvgIpc) is 2.82. The largest absolute Gasteiger partial charge is 0.507 e. The van der Waals surface area contributed by atoms with Crippen LogP contribution in [0.25, 0.3) is 0 Å². The first-order valence-electron chi connectivity index (χ1n) is 12.0. The van der Waals surface area contributed by atoms with E-state index >= 15 is 0 Å². The Labute approximate surface area is 211 Å². The fourth-order valence-electron chi connectivity index (χ4n) is 4.22. The molecule has 194 valence electrons. The minimum absolute atomic E-state index is 0.0164. The van der Waals surface area contributed by atoms with Crippen LogP contribution in [0, 0.1) is 0 Å². The van der Waals surface area contributed by atoms with Gasteiger partial charge in [-0.2, -0.15) is 0 Å². The molecule has 1 heterocycles. The van der Waals surface area contributed by atoms with E-state index in [1.165, 1.54) is 24.8 Å². The Bertz CT molecular complexity index is 1090. The number of carbonyl (C=O) groups excluding carboxylic acids is 3. The highest BCUT2D eigenvalue weighted by Crippen LogP contribution is 2.29. The van der Waals surface area contributed by atoms with Gasteiger partial charge in [-0.15, -0.1) is 0 Å². The molecule has 0 unspecified atom stereocenters. The van der Waals surface area contributed by atoms with Crippen molar-refractivity contribution in [3.8, 4) is 5.75 Å². The molecule has 1 aliphatic heterocycles. The molecule has 36 heavy (non-hydrogen) atoms. The van der Waals surface area contributed by atoms with E-state index in [9.17, 15) is 19.5 Å². The van der Waals surface area contributed by atoms with Crippen LogP contribution < -0.4 is 10.8 Å². The van der Waals surface area contributed by atoms with E-state index in [0.29, 0.717) is 31.1 Å². The normalized spacial score (nSPS) is 14.3. The number of alkyl carbamates (subject to hydrolysis) is 1.